The average molecular weight is 451 g/mol. The van der Waals surface area contributed by atoms with Crippen molar-refractivity contribution in [2.24, 2.45) is 7.05 Å². The number of hydrogen-bond donors (Lipinski definition) is 1. The molecule has 4 rings (SSSR count). The van der Waals surface area contributed by atoms with E-state index in [9.17, 15) is 9.59 Å². The van der Waals surface area contributed by atoms with E-state index < -0.39 is 6.04 Å². The molecule has 1 aliphatic rings. The maximum Gasteiger partial charge on any atom is 0.268 e. The Morgan fingerprint density at radius 3 is 2.18 bits per heavy atom. The molecule has 1 N–H and O–H groups in total. The number of carbonyl (C=O) groups excluding carboxylic acids is 2. The summed E-state index contributed by atoms with van der Waals surface area (Å²) in [6, 6.07) is 14.8. The number of benzene rings is 2. The maximum atomic E-state index is 13.0. The summed E-state index contributed by atoms with van der Waals surface area (Å²) in [6.45, 7) is 4.44. The lowest BCUT2D eigenvalue weighted by Crippen LogP contribution is -2.54. The van der Waals surface area contributed by atoms with E-state index in [4.69, 9.17) is 9.47 Å². The molecule has 1 saturated heterocycles. The lowest BCUT2D eigenvalue weighted by Gasteiger charge is -2.37. The highest BCUT2D eigenvalue weighted by atomic mass is 16.5. The molecular formula is C25H30N4O4. The molecule has 0 spiro atoms. The first-order valence-corrected chi connectivity index (χ1v) is 11.0. The third-order valence-electron chi connectivity index (χ3n) is 6.23. The van der Waals surface area contributed by atoms with Crippen LogP contribution in [0.1, 0.15) is 17.4 Å². The molecule has 8 nitrogen and oxygen atoms in total. The minimum absolute atomic E-state index is 0.0711. The molecule has 0 saturated carbocycles. The number of anilines is 1. The van der Waals surface area contributed by atoms with Crippen LogP contribution in [-0.4, -0.2) is 67.7 Å². The third kappa shape index (κ3) is 4.60. The second-order valence-corrected chi connectivity index (χ2v) is 8.22. The lowest BCUT2D eigenvalue weighted by atomic mass is 10.2. The number of piperazine rings is 1. The largest absolute Gasteiger partial charge is 0.497 e. The number of methoxy groups -OCH3 is 2. The Balaban J connectivity index is 1.36. The molecule has 1 aromatic heterocycles. The molecule has 0 aliphatic carbocycles. The van der Waals surface area contributed by atoms with Crippen molar-refractivity contribution >= 4 is 28.4 Å². The maximum absolute atomic E-state index is 13.0. The molecule has 33 heavy (non-hydrogen) atoms. The van der Waals surface area contributed by atoms with E-state index in [0.717, 1.165) is 41.2 Å². The van der Waals surface area contributed by atoms with Gasteiger partial charge in [-0.15, -0.1) is 0 Å². The van der Waals surface area contributed by atoms with Crippen molar-refractivity contribution in [2.45, 2.75) is 13.0 Å². The number of rotatable bonds is 6. The van der Waals surface area contributed by atoms with E-state index in [0.29, 0.717) is 18.8 Å². The zero-order valence-electron chi connectivity index (χ0n) is 19.5. The third-order valence-corrected chi connectivity index (χ3v) is 6.23. The van der Waals surface area contributed by atoms with Gasteiger partial charge in [-0.3, -0.25) is 9.59 Å². The number of ether oxygens (including phenoxy) is 2. The van der Waals surface area contributed by atoms with Crippen LogP contribution in [0.25, 0.3) is 10.9 Å². The number of nitrogens with one attached hydrogen (secondary N) is 1. The van der Waals surface area contributed by atoms with Crippen molar-refractivity contribution in [3.8, 4) is 11.5 Å². The van der Waals surface area contributed by atoms with Crippen LogP contribution in [0.4, 0.5) is 5.69 Å². The van der Waals surface area contributed by atoms with Gasteiger partial charge in [0.2, 0.25) is 5.91 Å². The molecule has 2 aromatic carbocycles. The summed E-state index contributed by atoms with van der Waals surface area (Å²) in [7, 11) is 5.10. The molecular weight excluding hydrogens is 420 g/mol. The van der Waals surface area contributed by atoms with Crippen LogP contribution in [-0.2, 0) is 11.8 Å². The molecule has 174 valence electrons. The fraction of sp³-hybridized carbons (Fsp3) is 0.360. The highest BCUT2D eigenvalue weighted by Gasteiger charge is 2.27. The highest BCUT2D eigenvalue weighted by molar-refractivity contribution is 6.01. The van der Waals surface area contributed by atoms with Gasteiger partial charge in [-0.2, -0.15) is 0 Å². The second-order valence-electron chi connectivity index (χ2n) is 8.22. The Morgan fingerprint density at radius 2 is 1.55 bits per heavy atom. The molecule has 3 aromatic rings. The normalized spacial score (nSPS) is 14.8. The molecule has 2 heterocycles. The van der Waals surface area contributed by atoms with Crippen molar-refractivity contribution in [3.63, 3.8) is 0 Å². The number of hydrogen-bond acceptors (Lipinski definition) is 5. The van der Waals surface area contributed by atoms with Gasteiger partial charge in [0, 0.05) is 49.8 Å². The summed E-state index contributed by atoms with van der Waals surface area (Å²) in [5.41, 5.74) is 2.54. The van der Waals surface area contributed by atoms with Crippen molar-refractivity contribution < 1.29 is 19.1 Å². The Labute approximate surface area is 193 Å². The molecule has 1 atom stereocenters. The standard InChI is InChI=1S/C25H30N4O4/c1-17(26-24(30)23-16-18-15-21(33-4)9-10-22(18)27(23)2)25(31)29-13-11-28(12-14-29)19-5-7-20(32-3)8-6-19/h5-10,15-17H,11-14H2,1-4H3,(H,26,30)/t17-/m0/s1. The molecule has 0 unspecified atom stereocenters. The van der Waals surface area contributed by atoms with E-state index in [1.807, 2.05) is 65.0 Å². The first kappa shape index (κ1) is 22.5. The lowest BCUT2D eigenvalue weighted by molar-refractivity contribution is -0.133. The molecule has 2 amide bonds. The Kier molecular flexibility index (Phi) is 6.44. The monoisotopic (exact) mass is 450 g/mol. The van der Waals surface area contributed by atoms with Crippen LogP contribution in [0, 0.1) is 0 Å². The first-order valence-electron chi connectivity index (χ1n) is 11.0. The number of aryl methyl sites for hydroxylation is 1. The predicted octanol–water partition coefficient (Wildman–Crippen LogP) is 2.66. The fourth-order valence-corrected chi connectivity index (χ4v) is 4.26. The Hall–Kier alpha value is -3.68. The molecule has 1 fully saturated rings. The van der Waals surface area contributed by atoms with Gasteiger partial charge in [0.05, 0.1) is 14.2 Å². The van der Waals surface area contributed by atoms with Gasteiger partial charge in [0.25, 0.3) is 5.91 Å². The molecule has 0 radical (unpaired) electrons. The quantitative estimate of drug-likeness (QED) is 0.625. The average Bonchev–Trinajstić information content (AvgIpc) is 3.19. The summed E-state index contributed by atoms with van der Waals surface area (Å²) in [6.07, 6.45) is 0. The van der Waals surface area contributed by atoms with Gasteiger partial charge in [-0.25, -0.2) is 0 Å². The predicted molar refractivity (Wildman–Crippen MR) is 128 cm³/mol. The summed E-state index contributed by atoms with van der Waals surface area (Å²) in [4.78, 5) is 30.0. The van der Waals surface area contributed by atoms with E-state index in [2.05, 4.69) is 10.2 Å². The topological polar surface area (TPSA) is 76.0 Å². The summed E-state index contributed by atoms with van der Waals surface area (Å²) >= 11 is 0. The molecule has 0 bridgehead atoms. The van der Waals surface area contributed by atoms with Crippen LogP contribution in [0.15, 0.2) is 48.5 Å². The Bertz CT molecular complexity index is 1150. The molecule has 1 aliphatic heterocycles. The number of carbonyl (C=O) groups is 2. The van der Waals surface area contributed by atoms with Gasteiger partial charge in [-0.1, -0.05) is 0 Å². The zero-order chi connectivity index (χ0) is 23.5. The van der Waals surface area contributed by atoms with E-state index in [1.165, 1.54) is 0 Å². The van der Waals surface area contributed by atoms with Crippen LogP contribution < -0.4 is 19.7 Å². The van der Waals surface area contributed by atoms with Crippen molar-refractivity contribution in [1.82, 2.24) is 14.8 Å². The minimum Gasteiger partial charge on any atom is -0.497 e. The minimum atomic E-state index is -0.613. The smallest absolute Gasteiger partial charge is 0.268 e. The number of amides is 2. The van der Waals surface area contributed by atoms with Crippen LogP contribution >= 0.6 is 0 Å². The summed E-state index contributed by atoms with van der Waals surface area (Å²) in [5.74, 6) is 1.21. The van der Waals surface area contributed by atoms with Gasteiger partial charge in [0.15, 0.2) is 0 Å². The Morgan fingerprint density at radius 1 is 0.909 bits per heavy atom. The highest BCUT2D eigenvalue weighted by Crippen LogP contribution is 2.24. The van der Waals surface area contributed by atoms with Gasteiger partial charge in [-0.05, 0) is 55.5 Å². The summed E-state index contributed by atoms with van der Waals surface area (Å²) in [5, 5.41) is 3.78. The van der Waals surface area contributed by atoms with E-state index in [1.54, 1.807) is 21.1 Å². The zero-order valence-corrected chi connectivity index (χ0v) is 19.5. The number of aromatic nitrogens is 1. The first-order chi connectivity index (χ1) is 15.9. The van der Waals surface area contributed by atoms with Crippen LogP contribution in [0.3, 0.4) is 0 Å². The van der Waals surface area contributed by atoms with Crippen molar-refractivity contribution in [1.29, 1.82) is 0 Å². The van der Waals surface area contributed by atoms with Gasteiger partial charge in [0.1, 0.15) is 23.2 Å². The van der Waals surface area contributed by atoms with Gasteiger partial charge >= 0.3 is 0 Å². The summed E-state index contributed by atoms with van der Waals surface area (Å²) < 4.78 is 12.3. The SMILES string of the molecule is COc1ccc(N2CCN(C(=O)[C@H](C)NC(=O)c3cc4cc(OC)ccc4n3C)CC2)cc1. The molecule has 8 heteroatoms. The van der Waals surface area contributed by atoms with Crippen LogP contribution in [0.5, 0.6) is 11.5 Å². The second kappa shape index (κ2) is 9.44. The number of fused-ring (bicyclic) bond motifs is 1. The van der Waals surface area contributed by atoms with Crippen LogP contribution in [0.2, 0.25) is 0 Å². The van der Waals surface area contributed by atoms with Gasteiger partial charge < -0.3 is 29.2 Å². The van der Waals surface area contributed by atoms with E-state index in [-0.39, 0.29) is 11.8 Å². The fourth-order valence-electron chi connectivity index (χ4n) is 4.26. The van der Waals surface area contributed by atoms with Crippen molar-refractivity contribution in [3.05, 3.63) is 54.2 Å². The van der Waals surface area contributed by atoms with E-state index >= 15 is 0 Å². The van der Waals surface area contributed by atoms with Crippen molar-refractivity contribution in [2.75, 3.05) is 45.3 Å². The number of nitrogens with zero attached hydrogens (tertiary/aromatic N) is 3.